The van der Waals surface area contributed by atoms with Crippen LogP contribution < -0.4 is 0 Å². The molecule has 2 aromatic rings. The van der Waals surface area contributed by atoms with Gasteiger partial charge in [-0.25, -0.2) is 0 Å². The number of fused-ring (bicyclic) bond motifs is 1. The summed E-state index contributed by atoms with van der Waals surface area (Å²) in [7, 11) is 0. The average Bonchev–Trinajstić information content (AvgIpc) is 2.31. The van der Waals surface area contributed by atoms with Gasteiger partial charge in [0.1, 0.15) is 0 Å². The molecule has 0 N–H and O–H groups in total. The predicted molar refractivity (Wildman–Crippen MR) is 67.0 cm³/mol. The van der Waals surface area contributed by atoms with Gasteiger partial charge in [-0.1, -0.05) is 0 Å². The first kappa shape index (κ1) is 8.97. The van der Waals surface area contributed by atoms with Gasteiger partial charge in [0.15, 0.2) is 0 Å². The van der Waals surface area contributed by atoms with Crippen molar-refractivity contribution in [2.45, 2.75) is 6.92 Å². The van der Waals surface area contributed by atoms with E-state index in [1.165, 1.54) is 23.0 Å². The highest BCUT2D eigenvalue weighted by molar-refractivity contribution is 14.1. The third-order valence-corrected chi connectivity index (χ3v) is 4.65. The Morgan fingerprint density at radius 2 is 2.17 bits per heavy atom. The van der Waals surface area contributed by atoms with Gasteiger partial charge in [-0.05, 0) is 74.6 Å². The summed E-state index contributed by atoms with van der Waals surface area (Å²) < 4.78 is 3.91. The van der Waals surface area contributed by atoms with E-state index in [-0.39, 0.29) is 0 Å². The Hall–Kier alpha value is 0.390. The smallest absolute Gasteiger partial charge is 0.0740 e. The van der Waals surface area contributed by atoms with Crippen LogP contribution in [-0.4, -0.2) is 0 Å². The Balaban J connectivity index is 2.88. The quantitative estimate of drug-likeness (QED) is 0.609. The molecule has 3 heteroatoms. The minimum absolute atomic E-state index is 1.25. The molecule has 0 bridgehead atoms. The van der Waals surface area contributed by atoms with Crippen molar-refractivity contribution < 1.29 is 0 Å². The molecule has 0 spiro atoms. The molecule has 1 aromatic heterocycles. The van der Waals surface area contributed by atoms with Crippen LogP contribution in [0.3, 0.4) is 0 Å². The van der Waals surface area contributed by atoms with Crippen LogP contribution in [0.15, 0.2) is 22.0 Å². The van der Waals surface area contributed by atoms with Crippen LogP contribution in [0.25, 0.3) is 10.1 Å². The maximum Gasteiger partial charge on any atom is 0.0740 e. The summed E-state index contributed by atoms with van der Waals surface area (Å²) >= 11 is 7.69. The maximum atomic E-state index is 3.55. The molecule has 0 atom stereocenters. The van der Waals surface area contributed by atoms with E-state index >= 15 is 0 Å². The molecule has 0 unspecified atom stereocenters. The molecule has 0 aliphatic rings. The van der Waals surface area contributed by atoms with Crippen molar-refractivity contribution >= 4 is 59.9 Å². The molecule has 0 radical (unpaired) electrons. The van der Waals surface area contributed by atoms with Gasteiger partial charge in [-0.2, -0.15) is 0 Å². The fourth-order valence-electron chi connectivity index (χ4n) is 1.16. The average molecular weight is 353 g/mol. The summed E-state index contributed by atoms with van der Waals surface area (Å²) in [6, 6.07) is 6.55. The molecular weight excluding hydrogens is 347 g/mol. The zero-order valence-corrected chi connectivity index (χ0v) is 11.0. The van der Waals surface area contributed by atoms with Gasteiger partial charge >= 0.3 is 0 Å². The fourth-order valence-corrected chi connectivity index (χ4v) is 3.31. The Labute approximate surface area is 97.2 Å². The molecule has 0 fully saturated rings. The van der Waals surface area contributed by atoms with E-state index in [4.69, 9.17) is 0 Å². The number of hydrogen-bond donors (Lipinski definition) is 0. The lowest BCUT2D eigenvalue weighted by Gasteiger charge is -1.92. The summed E-state index contributed by atoms with van der Waals surface area (Å²) in [6.45, 7) is 2.15. The Bertz CT molecular complexity index is 433. The van der Waals surface area contributed by atoms with E-state index in [1.54, 1.807) is 11.3 Å². The van der Waals surface area contributed by atoms with Crippen LogP contribution in [0.5, 0.6) is 0 Å². The van der Waals surface area contributed by atoms with Gasteiger partial charge in [-0.3, -0.25) is 0 Å². The predicted octanol–water partition coefficient (Wildman–Crippen LogP) is 4.58. The van der Waals surface area contributed by atoms with Crippen molar-refractivity contribution in [3.05, 3.63) is 31.1 Å². The first-order valence-electron chi connectivity index (χ1n) is 3.52. The van der Waals surface area contributed by atoms with E-state index in [9.17, 15) is 0 Å². The summed E-state index contributed by atoms with van der Waals surface area (Å²) in [5.41, 5.74) is 1.36. The Morgan fingerprint density at radius 3 is 2.92 bits per heavy atom. The second-order valence-electron chi connectivity index (χ2n) is 2.64. The molecule has 0 amide bonds. The summed E-state index contributed by atoms with van der Waals surface area (Å²) in [4.78, 5) is 0. The largest absolute Gasteiger partial charge is 0.128 e. The molecule has 1 aromatic carbocycles. The topological polar surface area (TPSA) is 0 Å². The van der Waals surface area contributed by atoms with Crippen LogP contribution in [0.1, 0.15) is 5.56 Å². The first-order chi connectivity index (χ1) is 5.68. The first-order valence-corrected chi connectivity index (χ1v) is 6.21. The lowest BCUT2D eigenvalue weighted by atomic mass is 10.2. The van der Waals surface area contributed by atoms with Crippen LogP contribution >= 0.6 is 49.9 Å². The number of halogens is 2. The number of aryl methyl sites for hydroxylation is 1. The normalized spacial score (nSPS) is 10.9. The third kappa shape index (κ3) is 1.42. The van der Waals surface area contributed by atoms with Gasteiger partial charge in [0.25, 0.3) is 0 Å². The molecule has 12 heavy (non-hydrogen) atoms. The monoisotopic (exact) mass is 352 g/mol. The standard InChI is InChI=1S/C9H6BrIS/c1-5-7-4-6(11)2-3-8(7)12-9(5)10/h2-4H,1H3. The van der Waals surface area contributed by atoms with Gasteiger partial charge in [0.2, 0.25) is 0 Å². The highest BCUT2D eigenvalue weighted by Gasteiger charge is 2.05. The zero-order chi connectivity index (χ0) is 8.72. The summed E-state index contributed by atoms with van der Waals surface area (Å²) in [5, 5.41) is 1.37. The molecule has 0 nitrogen and oxygen atoms in total. The number of benzene rings is 1. The zero-order valence-electron chi connectivity index (χ0n) is 6.40. The molecule has 0 saturated heterocycles. The van der Waals surface area contributed by atoms with Crippen molar-refractivity contribution in [1.82, 2.24) is 0 Å². The number of thiophene rings is 1. The fraction of sp³-hybridized carbons (Fsp3) is 0.111. The minimum atomic E-state index is 1.25. The Kier molecular flexibility index (Phi) is 2.44. The lowest BCUT2D eigenvalue weighted by molar-refractivity contribution is 1.56. The van der Waals surface area contributed by atoms with Crippen molar-refractivity contribution in [2.24, 2.45) is 0 Å². The second-order valence-corrected chi connectivity index (χ2v) is 6.26. The van der Waals surface area contributed by atoms with Gasteiger partial charge in [-0.15, -0.1) is 11.3 Å². The number of hydrogen-bond acceptors (Lipinski definition) is 1. The third-order valence-electron chi connectivity index (χ3n) is 1.84. The van der Waals surface area contributed by atoms with Crippen LogP contribution in [0.4, 0.5) is 0 Å². The van der Waals surface area contributed by atoms with Crippen LogP contribution in [0.2, 0.25) is 0 Å². The molecular formula is C9H6BrIS. The van der Waals surface area contributed by atoms with Gasteiger partial charge in [0.05, 0.1) is 3.79 Å². The van der Waals surface area contributed by atoms with Gasteiger partial charge < -0.3 is 0 Å². The highest BCUT2D eigenvalue weighted by atomic mass is 127. The molecule has 0 saturated carbocycles. The molecule has 62 valence electrons. The summed E-state index contributed by atoms with van der Waals surface area (Å²) in [5.74, 6) is 0. The SMILES string of the molecule is Cc1c(Br)sc2ccc(I)cc12. The van der Waals surface area contributed by atoms with Crippen LogP contribution in [-0.2, 0) is 0 Å². The van der Waals surface area contributed by atoms with E-state index < -0.39 is 0 Å². The highest BCUT2D eigenvalue weighted by Crippen LogP contribution is 2.35. The van der Waals surface area contributed by atoms with Crippen molar-refractivity contribution in [3.63, 3.8) is 0 Å². The lowest BCUT2D eigenvalue weighted by Crippen LogP contribution is -1.71. The molecule has 1 heterocycles. The van der Waals surface area contributed by atoms with E-state index in [1.807, 2.05) is 0 Å². The molecule has 0 aliphatic heterocycles. The van der Waals surface area contributed by atoms with E-state index in [2.05, 4.69) is 63.6 Å². The van der Waals surface area contributed by atoms with Crippen molar-refractivity contribution in [2.75, 3.05) is 0 Å². The minimum Gasteiger partial charge on any atom is -0.128 e. The summed E-state index contributed by atoms with van der Waals surface area (Å²) in [6.07, 6.45) is 0. The Morgan fingerprint density at radius 1 is 1.42 bits per heavy atom. The molecule has 0 aliphatic carbocycles. The molecule has 2 rings (SSSR count). The van der Waals surface area contributed by atoms with E-state index in [0.717, 1.165) is 0 Å². The van der Waals surface area contributed by atoms with Crippen molar-refractivity contribution in [1.29, 1.82) is 0 Å². The second kappa shape index (κ2) is 3.27. The van der Waals surface area contributed by atoms with Gasteiger partial charge in [0, 0.05) is 8.27 Å². The number of rotatable bonds is 0. The maximum absolute atomic E-state index is 3.55. The van der Waals surface area contributed by atoms with Crippen LogP contribution in [0, 0.1) is 10.5 Å². The van der Waals surface area contributed by atoms with E-state index in [0.29, 0.717) is 0 Å². The van der Waals surface area contributed by atoms with Crippen molar-refractivity contribution in [3.8, 4) is 0 Å².